The number of rotatable bonds is 8. The van der Waals surface area contributed by atoms with Crippen LogP contribution in [0.2, 0.25) is 0 Å². The van der Waals surface area contributed by atoms with Gasteiger partial charge in [0, 0.05) is 30.5 Å². The van der Waals surface area contributed by atoms with Crippen molar-refractivity contribution < 1.29 is 0 Å². The molecular formula is C16H27N5. The fourth-order valence-electron chi connectivity index (χ4n) is 2.27. The first-order valence-corrected chi connectivity index (χ1v) is 7.91. The lowest BCUT2D eigenvalue weighted by molar-refractivity contribution is 0.471. The lowest BCUT2D eigenvalue weighted by atomic mass is 10.2. The lowest BCUT2D eigenvalue weighted by Gasteiger charge is -2.08. The number of nitrogens with zero attached hydrogens (tertiary/aromatic N) is 4. The van der Waals surface area contributed by atoms with Gasteiger partial charge in [0.25, 0.3) is 0 Å². The van der Waals surface area contributed by atoms with Gasteiger partial charge in [-0.15, -0.1) is 0 Å². The summed E-state index contributed by atoms with van der Waals surface area (Å²) in [5.41, 5.74) is 3.43. The van der Waals surface area contributed by atoms with E-state index in [4.69, 9.17) is 0 Å². The molecule has 0 fully saturated rings. The highest BCUT2D eigenvalue weighted by molar-refractivity contribution is 5.16. The Labute approximate surface area is 127 Å². The van der Waals surface area contributed by atoms with E-state index in [9.17, 15) is 0 Å². The van der Waals surface area contributed by atoms with Gasteiger partial charge in [-0.25, -0.2) is 0 Å². The van der Waals surface area contributed by atoms with E-state index in [0.29, 0.717) is 6.04 Å². The first kappa shape index (κ1) is 15.8. The van der Waals surface area contributed by atoms with Crippen LogP contribution < -0.4 is 5.32 Å². The molecule has 0 aliphatic rings. The summed E-state index contributed by atoms with van der Waals surface area (Å²) in [7, 11) is 0. The molecule has 2 heterocycles. The summed E-state index contributed by atoms with van der Waals surface area (Å²) < 4.78 is 4.02. The summed E-state index contributed by atoms with van der Waals surface area (Å²) in [5, 5.41) is 12.6. The van der Waals surface area contributed by atoms with Gasteiger partial charge in [0.15, 0.2) is 0 Å². The molecule has 1 unspecified atom stereocenters. The number of aromatic nitrogens is 4. The van der Waals surface area contributed by atoms with Gasteiger partial charge in [-0.2, -0.15) is 10.2 Å². The van der Waals surface area contributed by atoms with Gasteiger partial charge in [-0.05, 0) is 39.3 Å². The highest BCUT2D eigenvalue weighted by Gasteiger charge is 2.08. The Morgan fingerprint density at radius 3 is 2.81 bits per heavy atom. The smallest absolute Gasteiger partial charge is 0.0850 e. The quantitative estimate of drug-likeness (QED) is 0.760. The standard InChI is InChI=1S/C16H27N5/c1-5-8-17-10-15-11-20(18-14(15)4)12-16-7-9-21(19-16)13(3)6-2/h7,9,11,13,17H,5-6,8,10,12H2,1-4H3. The Morgan fingerprint density at radius 1 is 1.29 bits per heavy atom. The van der Waals surface area contributed by atoms with Gasteiger partial charge in [-0.3, -0.25) is 9.36 Å². The van der Waals surface area contributed by atoms with Crippen LogP contribution in [0.15, 0.2) is 18.5 Å². The molecule has 5 nitrogen and oxygen atoms in total. The Kier molecular flexibility index (Phi) is 5.56. The minimum atomic E-state index is 0.451. The van der Waals surface area contributed by atoms with Crippen molar-refractivity contribution in [2.45, 2.75) is 59.7 Å². The second-order valence-electron chi connectivity index (χ2n) is 5.66. The van der Waals surface area contributed by atoms with Gasteiger partial charge in [0.1, 0.15) is 0 Å². The van der Waals surface area contributed by atoms with Crippen molar-refractivity contribution in [3.8, 4) is 0 Å². The third-order valence-electron chi connectivity index (χ3n) is 3.82. The van der Waals surface area contributed by atoms with Crippen LogP contribution in [-0.4, -0.2) is 26.1 Å². The topological polar surface area (TPSA) is 47.7 Å². The van der Waals surface area contributed by atoms with Crippen LogP contribution in [0, 0.1) is 6.92 Å². The van der Waals surface area contributed by atoms with Crippen LogP contribution in [-0.2, 0) is 13.1 Å². The third-order valence-corrected chi connectivity index (χ3v) is 3.82. The highest BCUT2D eigenvalue weighted by atomic mass is 15.3. The summed E-state index contributed by atoms with van der Waals surface area (Å²) in [4.78, 5) is 0. The molecule has 0 aromatic carbocycles. The van der Waals surface area contributed by atoms with Gasteiger partial charge in [-0.1, -0.05) is 13.8 Å². The molecule has 0 radical (unpaired) electrons. The summed E-state index contributed by atoms with van der Waals surface area (Å²) in [5.74, 6) is 0. The molecule has 0 saturated heterocycles. The predicted octanol–water partition coefficient (Wildman–Crippen LogP) is 2.91. The number of aryl methyl sites for hydroxylation is 1. The fraction of sp³-hybridized carbons (Fsp3) is 0.625. The van der Waals surface area contributed by atoms with Gasteiger partial charge >= 0.3 is 0 Å². The SMILES string of the molecule is CCCNCc1cn(Cc2ccn(C(C)CC)n2)nc1C. The van der Waals surface area contributed by atoms with Crippen LogP contribution in [0.25, 0.3) is 0 Å². The molecule has 0 bridgehead atoms. The second kappa shape index (κ2) is 7.41. The molecule has 2 aromatic rings. The summed E-state index contributed by atoms with van der Waals surface area (Å²) >= 11 is 0. The van der Waals surface area contributed by atoms with Gasteiger partial charge in [0.05, 0.1) is 17.9 Å². The molecule has 21 heavy (non-hydrogen) atoms. The van der Waals surface area contributed by atoms with E-state index < -0.39 is 0 Å². The van der Waals surface area contributed by atoms with E-state index in [1.54, 1.807) is 0 Å². The fourth-order valence-corrected chi connectivity index (χ4v) is 2.27. The van der Waals surface area contributed by atoms with Crippen LogP contribution in [0.5, 0.6) is 0 Å². The predicted molar refractivity (Wildman–Crippen MR) is 85.3 cm³/mol. The molecular weight excluding hydrogens is 262 g/mol. The normalized spacial score (nSPS) is 12.8. The number of nitrogens with one attached hydrogen (secondary N) is 1. The Balaban J connectivity index is 1.99. The van der Waals surface area contributed by atoms with E-state index in [1.165, 1.54) is 5.56 Å². The Bertz CT molecular complexity index is 555. The summed E-state index contributed by atoms with van der Waals surface area (Å²) in [6.45, 7) is 11.3. The molecule has 0 spiro atoms. The largest absolute Gasteiger partial charge is 0.313 e. The van der Waals surface area contributed by atoms with Gasteiger partial charge in [0.2, 0.25) is 0 Å². The van der Waals surface area contributed by atoms with E-state index in [-0.39, 0.29) is 0 Å². The third kappa shape index (κ3) is 4.17. The van der Waals surface area contributed by atoms with Crippen molar-refractivity contribution in [3.63, 3.8) is 0 Å². The molecule has 0 saturated carbocycles. The van der Waals surface area contributed by atoms with E-state index >= 15 is 0 Å². The summed E-state index contributed by atoms with van der Waals surface area (Å²) in [6.07, 6.45) is 6.43. The molecule has 0 aliphatic carbocycles. The monoisotopic (exact) mass is 289 g/mol. The zero-order valence-electron chi connectivity index (χ0n) is 13.6. The first-order chi connectivity index (χ1) is 10.1. The maximum Gasteiger partial charge on any atom is 0.0850 e. The van der Waals surface area contributed by atoms with Crippen molar-refractivity contribution >= 4 is 0 Å². The van der Waals surface area contributed by atoms with Gasteiger partial charge < -0.3 is 5.32 Å². The Morgan fingerprint density at radius 2 is 2.10 bits per heavy atom. The van der Waals surface area contributed by atoms with Crippen LogP contribution in [0.4, 0.5) is 0 Å². The molecule has 2 aromatic heterocycles. The van der Waals surface area contributed by atoms with Crippen molar-refractivity contribution in [2.24, 2.45) is 0 Å². The van der Waals surface area contributed by atoms with Crippen molar-refractivity contribution in [2.75, 3.05) is 6.54 Å². The van der Waals surface area contributed by atoms with Crippen LogP contribution >= 0.6 is 0 Å². The van der Waals surface area contributed by atoms with E-state index in [2.05, 4.69) is 61.7 Å². The number of hydrogen-bond donors (Lipinski definition) is 1. The highest BCUT2D eigenvalue weighted by Crippen LogP contribution is 2.11. The van der Waals surface area contributed by atoms with Crippen LogP contribution in [0.1, 0.15) is 56.6 Å². The minimum Gasteiger partial charge on any atom is -0.313 e. The molecule has 5 heteroatoms. The van der Waals surface area contributed by atoms with Crippen molar-refractivity contribution in [1.29, 1.82) is 0 Å². The maximum absolute atomic E-state index is 4.63. The zero-order valence-corrected chi connectivity index (χ0v) is 13.6. The molecule has 0 aliphatic heterocycles. The second-order valence-corrected chi connectivity index (χ2v) is 5.66. The average Bonchev–Trinajstić information content (AvgIpc) is 3.06. The summed E-state index contributed by atoms with van der Waals surface area (Å²) in [6, 6.07) is 2.53. The van der Waals surface area contributed by atoms with E-state index in [1.807, 2.05) is 9.36 Å². The average molecular weight is 289 g/mol. The zero-order chi connectivity index (χ0) is 15.2. The molecule has 1 atom stereocenters. The van der Waals surface area contributed by atoms with Crippen molar-refractivity contribution in [1.82, 2.24) is 24.9 Å². The molecule has 0 amide bonds. The Hall–Kier alpha value is -1.62. The molecule has 2 rings (SSSR count). The van der Waals surface area contributed by atoms with Crippen molar-refractivity contribution in [3.05, 3.63) is 35.4 Å². The van der Waals surface area contributed by atoms with E-state index in [0.717, 1.165) is 43.9 Å². The minimum absolute atomic E-state index is 0.451. The number of hydrogen-bond acceptors (Lipinski definition) is 3. The first-order valence-electron chi connectivity index (χ1n) is 7.91. The molecule has 116 valence electrons. The molecule has 1 N–H and O–H groups in total. The van der Waals surface area contributed by atoms with Crippen LogP contribution in [0.3, 0.4) is 0 Å². The maximum atomic E-state index is 4.63. The lowest BCUT2D eigenvalue weighted by Crippen LogP contribution is -2.13.